The molecule has 3 aromatic rings. The van der Waals surface area contributed by atoms with E-state index in [2.05, 4.69) is 5.32 Å². The van der Waals surface area contributed by atoms with Gasteiger partial charge in [-0.1, -0.05) is 47.5 Å². The number of ether oxygens (including phenoxy) is 1. The molecule has 0 spiro atoms. The molecule has 1 N–H and O–H groups in total. The van der Waals surface area contributed by atoms with Crippen molar-refractivity contribution in [1.29, 1.82) is 5.26 Å². The molecule has 0 radical (unpaired) electrons. The summed E-state index contributed by atoms with van der Waals surface area (Å²) in [7, 11) is -2.33. The fraction of sp³-hybridized carbons (Fsp3) is 0.259. The van der Waals surface area contributed by atoms with Gasteiger partial charge < -0.3 is 14.5 Å². The molecule has 1 amide bonds. The third-order valence-electron chi connectivity index (χ3n) is 5.40. The van der Waals surface area contributed by atoms with Gasteiger partial charge in [0, 0.05) is 26.3 Å². The summed E-state index contributed by atoms with van der Waals surface area (Å²) < 4.78 is 39.1. The minimum absolute atomic E-state index is 0.0279. The molecule has 9 heteroatoms. The highest BCUT2D eigenvalue weighted by Gasteiger charge is 2.26. The van der Waals surface area contributed by atoms with Crippen LogP contribution in [0.15, 0.2) is 75.5 Å². The van der Waals surface area contributed by atoms with Crippen molar-refractivity contribution < 1.29 is 22.4 Å². The molecule has 0 saturated carbocycles. The average Bonchev–Trinajstić information content (AvgIpc) is 3.30. The summed E-state index contributed by atoms with van der Waals surface area (Å²) in [6.07, 6.45) is 1.32. The van der Waals surface area contributed by atoms with Crippen LogP contribution in [0.2, 0.25) is 0 Å². The van der Waals surface area contributed by atoms with Gasteiger partial charge in [-0.2, -0.15) is 9.57 Å². The Morgan fingerprint density at radius 2 is 1.67 bits per heavy atom. The Morgan fingerprint density at radius 3 is 2.28 bits per heavy atom. The molecule has 1 heterocycles. The number of hydrogen-bond acceptors (Lipinski definition) is 6. The lowest BCUT2D eigenvalue weighted by Gasteiger charge is -2.21. The molecule has 2 aromatic carbocycles. The Kier molecular flexibility index (Phi) is 9.19. The Labute approximate surface area is 211 Å². The highest BCUT2D eigenvalue weighted by atomic mass is 32.2. The number of sulfonamides is 1. The van der Waals surface area contributed by atoms with Crippen LogP contribution >= 0.6 is 0 Å². The van der Waals surface area contributed by atoms with E-state index in [4.69, 9.17) is 9.15 Å². The van der Waals surface area contributed by atoms with E-state index >= 15 is 0 Å². The van der Waals surface area contributed by atoms with E-state index in [0.29, 0.717) is 12.4 Å². The van der Waals surface area contributed by atoms with Gasteiger partial charge in [-0.25, -0.2) is 8.42 Å². The molecule has 8 nitrogen and oxygen atoms in total. The highest BCUT2D eigenvalue weighted by molar-refractivity contribution is 7.89. The number of amides is 1. The lowest BCUT2D eigenvalue weighted by molar-refractivity contribution is -0.117. The molecule has 0 aliphatic heterocycles. The van der Waals surface area contributed by atoms with Crippen molar-refractivity contribution in [2.45, 2.75) is 31.8 Å². The van der Waals surface area contributed by atoms with Crippen LogP contribution in [0.4, 0.5) is 0 Å². The van der Waals surface area contributed by atoms with Crippen molar-refractivity contribution in [2.75, 3.05) is 20.3 Å². The zero-order chi connectivity index (χ0) is 26.1. The van der Waals surface area contributed by atoms with Crippen LogP contribution in [0, 0.1) is 25.2 Å². The molecule has 0 fully saturated rings. The summed E-state index contributed by atoms with van der Waals surface area (Å²) in [6.45, 7) is 4.57. The standard InChI is InChI=1S/C27H29N3O5S/c1-20-4-8-22(9-5-20)18-30(36(32,33)26-12-6-21(2)7-13-26)19-25-11-10-24(35-25)16-23(17-28)27(31)29-14-15-34-3/h4-13,16H,14-15,18-19H2,1-3H3,(H,29,31)/b23-16-. The molecule has 0 unspecified atom stereocenters. The van der Waals surface area contributed by atoms with Crippen molar-refractivity contribution in [1.82, 2.24) is 9.62 Å². The first-order valence-electron chi connectivity index (χ1n) is 11.3. The molecular weight excluding hydrogens is 478 g/mol. The van der Waals surface area contributed by atoms with Crippen molar-refractivity contribution in [3.8, 4) is 6.07 Å². The van der Waals surface area contributed by atoms with E-state index in [1.165, 1.54) is 17.5 Å². The summed E-state index contributed by atoms with van der Waals surface area (Å²) >= 11 is 0. The number of rotatable bonds is 11. The van der Waals surface area contributed by atoms with E-state index in [1.807, 2.05) is 44.2 Å². The molecule has 36 heavy (non-hydrogen) atoms. The monoisotopic (exact) mass is 507 g/mol. The molecule has 0 aliphatic rings. The quantitative estimate of drug-likeness (QED) is 0.239. The largest absolute Gasteiger partial charge is 0.460 e. The van der Waals surface area contributed by atoms with Gasteiger partial charge in [-0.15, -0.1) is 0 Å². The van der Waals surface area contributed by atoms with Crippen LogP contribution in [0.1, 0.15) is 28.2 Å². The molecule has 188 valence electrons. The number of nitriles is 1. The predicted molar refractivity (Wildman–Crippen MR) is 136 cm³/mol. The SMILES string of the molecule is COCCNC(=O)/C(C#N)=C\c1ccc(CN(Cc2ccc(C)cc2)S(=O)(=O)c2ccc(C)cc2)o1. The number of furan rings is 1. The average molecular weight is 508 g/mol. The van der Waals surface area contributed by atoms with Crippen molar-refractivity contribution in [3.63, 3.8) is 0 Å². The molecule has 0 atom stereocenters. The van der Waals surface area contributed by atoms with Gasteiger partial charge in [0.2, 0.25) is 10.0 Å². The zero-order valence-electron chi connectivity index (χ0n) is 20.5. The number of nitrogens with zero attached hydrogens (tertiary/aromatic N) is 2. The molecule has 1 aromatic heterocycles. The van der Waals surface area contributed by atoms with Gasteiger partial charge in [0.1, 0.15) is 23.2 Å². The maximum Gasteiger partial charge on any atom is 0.262 e. The number of carbonyl (C=O) groups excluding carboxylic acids is 1. The normalized spacial score (nSPS) is 11.9. The van der Waals surface area contributed by atoms with Gasteiger partial charge >= 0.3 is 0 Å². The Bertz CT molecular complexity index is 1350. The van der Waals surface area contributed by atoms with E-state index in [-0.39, 0.29) is 35.9 Å². The van der Waals surface area contributed by atoms with Gasteiger partial charge in [0.15, 0.2) is 0 Å². The molecule has 0 saturated heterocycles. The minimum atomic E-state index is -3.84. The fourth-order valence-electron chi connectivity index (χ4n) is 3.37. The third-order valence-corrected chi connectivity index (χ3v) is 7.20. The zero-order valence-corrected chi connectivity index (χ0v) is 21.3. The van der Waals surface area contributed by atoms with Crippen molar-refractivity contribution in [2.24, 2.45) is 0 Å². The van der Waals surface area contributed by atoms with Crippen LogP contribution in [-0.2, 0) is 32.6 Å². The van der Waals surface area contributed by atoms with Crippen LogP contribution in [0.5, 0.6) is 0 Å². The Morgan fingerprint density at radius 1 is 1.03 bits per heavy atom. The lowest BCUT2D eigenvalue weighted by Crippen LogP contribution is -2.30. The minimum Gasteiger partial charge on any atom is -0.460 e. The fourth-order valence-corrected chi connectivity index (χ4v) is 4.76. The number of carbonyl (C=O) groups is 1. The number of aryl methyl sites for hydroxylation is 2. The first kappa shape index (κ1) is 26.9. The molecule has 3 rings (SSSR count). The maximum absolute atomic E-state index is 13.5. The second kappa shape index (κ2) is 12.3. The van der Waals surface area contributed by atoms with Crippen LogP contribution in [0.25, 0.3) is 6.08 Å². The van der Waals surface area contributed by atoms with E-state index in [9.17, 15) is 18.5 Å². The van der Waals surface area contributed by atoms with Gasteiger partial charge in [-0.3, -0.25) is 4.79 Å². The van der Waals surface area contributed by atoms with Gasteiger partial charge in [0.25, 0.3) is 5.91 Å². The number of nitrogens with one attached hydrogen (secondary N) is 1. The maximum atomic E-state index is 13.5. The smallest absolute Gasteiger partial charge is 0.262 e. The van der Waals surface area contributed by atoms with Gasteiger partial charge in [0.05, 0.1) is 18.0 Å². The molecule has 0 aliphatic carbocycles. The Balaban J connectivity index is 1.86. The van der Waals surface area contributed by atoms with E-state index in [1.54, 1.807) is 36.4 Å². The summed E-state index contributed by atoms with van der Waals surface area (Å²) in [5, 5.41) is 11.9. The second-order valence-corrected chi connectivity index (χ2v) is 10.2. The van der Waals surface area contributed by atoms with Crippen molar-refractivity contribution >= 4 is 22.0 Å². The number of hydrogen-bond donors (Lipinski definition) is 1. The van der Waals surface area contributed by atoms with Crippen LogP contribution in [-0.4, -0.2) is 38.9 Å². The first-order valence-corrected chi connectivity index (χ1v) is 12.8. The molecular formula is C27H29N3O5S. The number of methoxy groups -OCH3 is 1. The summed E-state index contributed by atoms with van der Waals surface area (Å²) in [6, 6.07) is 19.4. The van der Waals surface area contributed by atoms with Crippen molar-refractivity contribution in [3.05, 3.63) is 94.4 Å². The van der Waals surface area contributed by atoms with Crippen LogP contribution < -0.4 is 5.32 Å². The molecule has 0 bridgehead atoms. The summed E-state index contributed by atoms with van der Waals surface area (Å²) in [5.41, 5.74) is 2.74. The van der Waals surface area contributed by atoms with Gasteiger partial charge in [-0.05, 0) is 43.7 Å². The first-order chi connectivity index (χ1) is 17.2. The number of benzene rings is 2. The summed E-state index contributed by atoms with van der Waals surface area (Å²) in [5.74, 6) is 0.100. The van der Waals surface area contributed by atoms with E-state index in [0.717, 1.165) is 16.7 Å². The third kappa shape index (κ3) is 7.15. The van der Waals surface area contributed by atoms with E-state index < -0.39 is 15.9 Å². The predicted octanol–water partition coefficient (Wildman–Crippen LogP) is 3.96. The lowest BCUT2D eigenvalue weighted by atomic mass is 10.1. The topological polar surface area (TPSA) is 113 Å². The van der Waals surface area contributed by atoms with Crippen LogP contribution in [0.3, 0.4) is 0 Å². The second-order valence-electron chi connectivity index (χ2n) is 8.29. The summed E-state index contributed by atoms with van der Waals surface area (Å²) in [4.78, 5) is 12.4. The highest BCUT2D eigenvalue weighted by Crippen LogP contribution is 2.23. The Hall–Kier alpha value is -3.71.